The lowest BCUT2D eigenvalue weighted by atomic mass is 10.1. The van der Waals surface area contributed by atoms with Gasteiger partial charge in [0.2, 0.25) is 0 Å². The summed E-state index contributed by atoms with van der Waals surface area (Å²) in [7, 11) is -1.69. The standard InChI is InChI=1S/C13H24N4O2S/c1-3-12-7-5-4-6-8-17(12)20(18,19)13-11(9-14-2)10-15-16-13/h10,12,14H,3-9H2,1-2H3,(H,15,16). The maximum Gasteiger partial charge on any atom is 0.260 e. The molecule has 0 saturated carbocycles. The summed E-state index contributed by atoms with van der Waals surface area (Å²) in [5.74, 6) is 0. The summed E-state index contributed by atoms with van der Waals surface area (Å²) in [6, 6.07) is 0.105. The third-order valence-electron chi connectivity index (χ3n) is 3.91. The Balaban J connectivity index is 2.34. The first-order valence-corrected chi connectivity index (χ1v) is 8.74. The monoisotopic (exact) mass is 300 g/mol. The van der Waals surface area contributed by atoms with Crippen LogP contribution >= 0.6 is 0 Å². The number of sulfonamides is 1. The van der Waals surface area contributed by atoms with Crippen LogP contribution in [-0.2, 0) is 16.6 Å². The van der Waals surface area contributed by atoms with E-state index in [1.54, 1.807) is 17.5 Å². The van der Waals surface area contributed by atoms with Gasteiger partial charge in [-0.25, -0.2) is 8.42 Å². The molecule has 0 radical (unpaired) electrons. The number of nitrogens with zero attached hydrogens (tertiary/aromatic N) is 2. The van der Waals surface area contributed by atoms with Crippen molar-refractivity contribution in [2.24, 2.45) is 0 Å². The molecule has 0 bridgehead atoms. The van der Waals surface area contributed by atoms with Gasteiger partial charge in [-0.2, -0.15) is 9.40 Å². The van der Waals surface area contributed by atoms with Crippen LogP contribution in [0.15, 0.2) is 11.2 Å². The first-order valence-electron chi connectivity index (χ1n) is 7.30. The molecule has 6 nitrogen and oxygen atoms in total. The smallest absolute Gasteiger partial charge is 0.260 e. The summed E-state index contributed by atoms with van der Waals surface area (Å²) < 4.78 is 27.5. The predicted octanol–water partition coefficient (Wildman–Crippen LogP) is 1.47. The molecule has 1 saturated heterocycles. The van der Waals surface area contributed by atoms with E-state index in [1.165, 1.54) is 0 Å². The van der Waals surface area contributed by atoms with E-state index in [2.05, 4.69) is 22.4 Å². The van der Waals surface area contributed by atoms with Crippen molar-refractivity contribution in [3.8, 4) is 0 Å². The minimum absolute atomic E-state index is 0.105. The molecular formula is C13H24N4O2S. The van der Waals surface area contributed by atoms with Gasteiger partial charge in [0.25, 0.3) is 10.0 Å². The predicted molar refractivity (Wildman–Crippen MR) is 77.8 cm³/mol. The van der Waals surface area contributed by atoms with Crippen molar-refractivity contribution < 1.29 is 8.42 Å². The van der Waals surface area contributed by atoms with Gasteiger partial charge in [-0.3, -0.25) is 5.10 Å². The molecule has 1 aromatic heterocycles. The molecule has 1 aliphatic rings. The second-order valence-electron chi connectivity index (χ2n) is 5.28. The van der Waals surface area contributed by atoms with Crippen LogP contribution in [-0.4, -0.2) is 42.6 Å². The first-order chi connectivity index (χ1) is 9.61. The van der Waals surface area contributed by atoms with Crippen LogP contribution < -0.4 is 5.32 Å². The Bertz CT molecular complexity index is 526. The molecular weight excluding hydrogens is 276 g/mol. The number of hydrogen-bond donors (Lipinski definition) is 2. The first kappa shape index (κ1) is 15.5. The molecule has 0 aromatic carbocycles. The Morgan fingerprint density at radius 2 is 2.25 bits per heavy atom. The molecule has 20 heavy (non-hydrogen) atoms. The van der Waals surface area contributed by atoms with Gasteiger partial charge in [-0.1, -0.05) is 19.8 Å². The van der Waals surface area contributed by atoms with E-state index in [0.717, 1.165) is 32.1 Å². The summed E-state index contributed by atoms with van der Waals surface area (Å²) in [5.41, 5.74) is 0.701. The Kier molecular flexibility index (Phi) is 5.17. The van der Waals surface area contributed by atoms with Crippen LogP contribution in [0, 0.1) is 0 Å². The minimum Gasteiger partial charge on any atom is -0.316 e. The Morgan fingerprint density at radius 3 is 2.95 bits per heavy atom. The fourth-order valence-corrected chi connectivity index (χ4v) is 4.71. The second kappa shape index (κ2) is 6.69. The summed E-state index contributed by atoms with van der Waals surface area (Å²) in [4.78, 5) is 0. The van der Waals surface area contributed by atoms with E-state index in [1.807, 2.05) is 0 Å². The van der Waals surface area contributed by atoms with E-state index in [9.17, 15) is 8.42 Å². The highest BCUT2D eigenvalue weighted by Gasteiger charge is 2.33. The lowest BCUT2D eigenvalue weighted by Gasteiger charge is -2.28. The molecule has 1 aliphatic heterocycles. The van der Waals surface area contributed by atoms with Crippen molar-refractivity contribution in [1.29, 1.82) is 0 Å². The quantitative estimate of drug-likeness (QED) is 0.863. The molecule has 1 unspecified atom stereocenters. The van der Waals surface area contributed by atoms with E-state index in [0.29, 0.717) is 18.7 Å². The second-order valence-corrected chi connectivity index (χ2v) is 7.11. The van der Waals surface area contributed by atoms with Gasteiger partial charge in [0, 0.05) is 24.7 Å². The zero-order valence-corrected chi connectivity index (χ0v) is 13.0. The van der Waals surface area contributed by atoms with Crippen LogP contribution in [0.25, 0.3) is 0 Å². The molecule has 2 heterocycles. The zero-order chi connectivity index (χ0) is 14.6. The lowest BCUT2D eigenvalue weighted by Crippen LogP contribution is -2.40. The number of aromatic amines is 1. The van der Waals surface area contributed by atoms with Gasteiger partial charge >= 0.3 is 0 Å². The molecule has 2 N–H and O–H groups in total. The van der Waals surface area contributed by atoms with Crippen molar-refractivity contribution >= 4 is 10.0 Å². The molecule has 0 aliphatic carbocycles. The van der Waals surface area contributed by atoms with Crippen molar-refractivity contribution in [3.05, 3.63) is 11.8 Å². The van der Waals surface area contributed by atoms with E-state index < -0.39 is 10.0 Å². The molecule has 0 amide bonds. The Hall–Kier alpha value is -0.920. The topological polar surface area (TPSA) is 78.1 Å². The third kappa shape index (κ3) is 3.05. The van der Waals surface area contributed by atoms with Crippen molar-refractivity contribution in [1.82, 2.24) is 19.8 Å². The summed E-state index contributed by atoms with van der Waals surface area (Å²) in [6.07, 6.45) is 6.54. The van der Waals surface area contributed by atoms with Crippen LogP contribution in [0.3, 0.4) is 0 Å². The highest BCUT2D eigenvalue weighted by Crippen LogP contribution is 2.26. The maximum absolute atomic E-state index is 12.9. The number of H-pyrrole nitrogens is 1. The normalized spacial score (nSPS) is 21.8. The van der Waals surface area contributed by atoms with Gasteiger partial charge in [-0.05, 0) is 26.3 Å². The minimum atomic E-state index is -3.48. The Morgan fingerprint density at radius 1 is 1.45 bits per heavy atom. The van der Waals surface area contributed by atoms with Crippen LogP contribution in [0.2, 0.25) is 0 Å². The van der Waals surface area contributed by atoms with E-state index in [-0.39, 0.29) is 11.1 Å². The molecule has 114 valence electrons. The number of nitrogens with one attached hydrogen (secondary N) is 2. The van der Waals surface area contributed by atoms with Gasteiger partial charge in [0.05, 0.1) is 6.20 Å². The van der Waals surface area contributed by atoms with Crippen LogP contribution in [0.1, 0.15) is 44.6 Å². The average molecular weight is 300 g/mol. The number of aromatic nitrogens is 2. The largest absolute Gasteiger partial charge is 0.316 e. The molecule has 2 rings (SSSR count). The van der Waals surface area contributed by atoms with Gasteiger partial charge in [0.1, 0.15) is 0 Å². The summed E-state index contributed by atoms with van der Waals surface area (Å²) >= 11 is 0. The fourth-order valence-electron chi connectivity index (χ4n) is 2.83. The van der Waals surface area contributed by atoms with E-state index in [4.69, 9.17) is 0 Å². The third-order valence-corrected chi connectivity index (χ3v) is 5.87. The molecule has 7 heteroatoms. The van der Waals surface area contributed by atoms with Crippen LogP contribution in [0.4, 0.5) is 0 Å². The number of hydrogen-bond acceptors (Lipinski definition) is 4. The molecule has 1 fully saturated rings. The van der Waals surface area contributed by atoms with Crippen molar-refractivity contribution in [3.63, 3.8) is 0 Å². The summed E-state index contributed by atoms with van der Waals surface area (Å²) in [6.45, 7) is 3.16. The molecule has 0 spiro atoms. The van der Waals surface area contributed by atoms with Crippen molar-refractivity contribution in [2.45, 2.75) is 56.6 Å². The van der Waals surface area contributed by atoms with Crippen molar-refractivity contribution in [2.75, 3.05) is 13.6 Å². The van der Waals surface area contributed by atoms with Gasteiger partial charge < -0.3 is 5.32 Å². The highest BCUT2D eigenvalue weighted by atomic mass is 32.2. The van der Waals surface area contributed by atoms with Crippen LogP contribution in [0.5, 0.6) is 0 Å². The molecule has 1 aromatic rings. The van der Waals surface area contributed by atoms with E-state index >= 15 is 0 Å². The Labute approximate surface area is 121 Å². The maximum atomic E-state index is 12.9. The lowest BCUT2D eigenvalue weighted by molar-refractivity contribution is 0.313. The fraction of sp³-hybridized carbons (Fsp3) is 0.769. The highest BCUT2D eigenvalue weighted by molar-refractivity contribution is 7.89. The van der Waals surface area contributed by atoms with Gasteiger partial charge in [-0.15, -0.1) is 0 Å². The van der Waals surface area contributed by atoms with Gasteiger partial charge in [0.15, 0.2) is 5.03 Å². The number of rotatable bonds is 5. The zero-order valence-electron chi connectivity index (χ0n) is 12.2. The average Bonchev–Trinajstić information content (AvgIpc) is 2.75. The molecule has 1 atom stereocenters. The summed E-state index contributed by atoms with van der Waals surface area (Å²) in [5, 5.41) is 9.80. The SMILES string of the molecule is CCC1CCCCCN1S(=O)(=O)c1[nH]ncc1CNC.